The Labute approximate surface area is 157 Å². The molecule has 3 aromatic rings. The molecule has 0 aliphatic heterocycles. The van der Waals surface area contributed by atoms with Crippen LogP contribution in [-0.2, 0) is 13.2 Å². The van der Waals surface area contributed by atoms with Crippen LogP contribution in [0.25, 0.3) is 0 Å². The van der Waals surface area contributed by atoms with Gasteiger partial charge in [-0.15, -0.1) is 0 Å². The maximum absolute atomic E-state index is 11.3. The molecule has 138 valence electrons. The summed E-state index contributed by atoms with van der Waals surface area (Å²) in [5.41, 5.74) is 2.05. The zero-order chi connectivity index (χ0) is 19.1. The monoisotopic (exact) mass is 364 g/mol. The number of carbonyl (C=O) groups is 1. The quantitative estimate of drug-likeness (QED) is 0.635. The van der Waals surface area contributed by atoms with E-state index >= 15 is 0 Å². The summed E-state index contributed by atoms with van der Waals surface area (Å²) in [6.45, 7) is 0.665. The molecule has 0 aromatic heterocycles. The van der Waals surface area contributed by atoms with Crippen molar-refractivity contribution in [3.8, 4) is 17.2 Å². The van der Waals surface area contributed by atoms with Gasteiger partial charge in [-0.05, 0) is 35.4 Å². The summed E-state index contributed by atoms with van der Waals surface area (Å²) in [6.07, 6.45) is 0. The van der Waals surface area contributed by atoms with Gasteiger partial charge in [0.25, 0.3) is 0 Å². The molecule has 0 bridgehead atoms. The third-order valence-corrected chi connectivity index (χ3v) is 3.98. The van der Waals surface area contributed by atoms with Gasteiger partial charge >= 0.3 is 5.97 Å². The van der Waals surface area contributed by atoms with E-state index in [4.69, 9.17) is 14.2 Å². The first-order valence-electron chi connectivity index (χ1n) is 8.46. The third-order valence-electron chi connectivity index (χ3n) is 3.98. The second-order valence-corrected chi connectivity index (χ2v) is 5.85. The highest BCUT2D eigenvalue weighted by molar-refractivity contribution is 5.90. The Morgan fingerprint density at radius 1 is 0.778 bits per heavy atom. The first-order valence-corrected chi connectivity index (χ1v) is 8.46. The number of ether oxygens (including phenoxy) is 3. The van der Waals surface area contributed by atoms with Gasteiger partial charge < -0.3 is 19.3 Å². The fourth-order valence-electron chi connectivity index (χ4n) is 2.59. The number of hydrogen-bond acceptors (Lipinski definition) is 4. The van der Waals surface area contributed by atoms with Crippen LogP contribution in [0.5, 0.6) is 17.2 Å². The maximum atomic E-state index is 11.3. The molecule has 0 saturated heterocycles. The molecule has 27 heavy (non-hydrogen) atoms. The Kier molecular flexibility index (Phi) is 5.94. The minimum atomic E-state index is -1.02. The fraction of sp³-hybridized carbons (Fsp3) is 0.136. The molecule has 3 aromatic carbocycles. The Balaban J connectivity index is 1.68. The van der Waals surface area contributed by atoms with E-state index in [1.165, 1.54) is 6.07 Å². The maximum Gasteiger partial charge on any atom is 0.339 e. The molecule has 0 unspecified atom stereocenters. The average Bonchev–Trinajstić information content (AvgIpc) is 2.71. The number of methoxy groups -OCH3 is 1. The van der Waals surface area contributed by atoms with Crippen molar-refractivity contribution in [1.82, 2.24) is 0 Å². The van der Waals surface area contributed by atoms with E-state index in [1.54, 1.807) is 25.3 Å². The van der Waals surface area contributed by atoms with Crippen molar-refractivity contribution in [1.29, 1.82) is 0 Å². The van der Waals surface area contributed by atoms with E-state index in [-0.39, 0.29) is 12.2 Å². The molecular weight excluding hydrogens is 344 g/mol. The number of hydrogen-bond donors (Lipinski definition) is 1. The summed E-state index contributed by atoms with van der Waals surface area (Å²) in [5, 5.41) is 9.22. The van der Waals surface area contributed by atoms with Crippen molar-refractivity contribution in [3.05, 3.63) is 89.5 Å². The van der Waals surface area contributed by atoms with Crippen LogP contribution in [0.4, 0.5) is 0 Å². The van der Waals surface area contributed by atoms with Gasteiger partial charge in [0.15, 0.2) is 11.5 Å². The van der Waals surface area contributed by atoms with E-state index in [0.29, 0.717) is 23.9 Å². The Morgan fingerprint density at radius 3 is 2.19 bits per heavy atom. The van der Waals surface area contributed by atoms with E-state index in [9.17, 15) is 9.90 Å². The molecule has 0 aliphatic rings. The molecule has 0 radical (unpaired) electrons. The number of rotatable bonds is 8. The highest BCUT2D eigenvalue weighted by Crippen LogP contribution is 2.29. The topological polar surface area (TPSA) is 65.0 Å². The predicted molar refractivity (Wildman–Crippen MR) is 102 cm³/mol. The largest absolute Gasteiger partial charge is 0.493 e. The van der Waals surface area contributed by atoms with Crippen molar-refractivity contribution in [2.75, 3.05) is 7.11 Å². The Bertz CT molecular complexity index is 906. The summed E-state index contributed by atoms with van der Waals surface area (Å²) < 4.78 is 16.9. The lowest BCUT2D eigenvalue weighted by atomic mass is 10.2. The molecule has 0 amide bonds. The summed E-state index contributed by atoms with van der Waals surface area (Å²) >= 11 is 0. The Morgan fingerprint density at radius 2 is 1.44 bits per heavy atom. The van der Waals surface area contributed by atoms with E-state index in [0.717, 1.165) is 11.1 Å². The van der Waals surface area contributed by atoms with Crippen LogP contribution in [0.15, 0.2) is 72.8 Å². The second kappa shape index (κ2) is 8.76. The smallest absolute Gasteiger partial charge is 0.339 e. The summed E-state index contributed by atoms with van der Waals surface area (Å²) in [7, 11) is 1.58. The van der Waals surface area contributed by atoms with Crippen molar-refractivity contribution in [2.45, 2.75) is 13.2 Å². The van der Waals surface area contributed by atoms with Crippen LogP contribution in [-0.4, -0.2) is 18.2 Å². The number of para-hydroxylation sites is 1. The SMILES string of the molecule is COc1cc(COc2ccccc2C(=O)O)ccc1OCc1ccccc1. The molecule has 0 spiro atoms. The lowest BCUT2D eigenvalue weighted by molar-refractivity contribution is 0.0691. The highest BCUT2D eigenvalue weighted by atomic mass is 16.5. The molecule has 0 saturated carbocycles. The molecule has 1 N–H and O–H groups in total. The average molecular weight is 364 g/mol. The van der Waals surface area contributed by atoms with Gasteiger partial charge in [0, 0.05) is 0 Å². The van der Waals surface area contributed by atoms with Crippen LogP contribution in [0, 0.1) is 0 Å². The molecule has 0 heterocycles. The number of aromatic carboxylic acids is 1. The van der Waals surface area contributed by atoms with Gasteiger partial charge in [-0.3, -0.25) is 0 Å². The van der Waals surface area contributed by atoms with Crippen LogP contribution in [0.1, 0.15) is 21.5 Å². The van der Waals surface area contributed by atoms with E-state index < -0.39 is 5.97 Å². The number of carboxylic acids is 1. The second-order valence-electron chi connectivity index (χ2n) is 5.85. The van der Waals surface area contributed by atoms with Gasteiger partial charge in [0.2, 0.25) is 0 Å². The molecule has 5 nitrogen and oxygen atoms in total. The van der Waals surface area contributed by atoms with Gasteiger partial charge in [0.05, 0.1) is 7.11 Å². The number of benzene rings is 3. The first kappa shape index (κ1) is 18.3. The third kappa shape index (κ3) is 4.79. The van der Waals surface area contributed by atoms with Crippen LogP contribution >= 0.6 is 0 Å². The van der Waals surface area contributed by atoms with Crippen molar-refractivity contribution >= 4 is 5.97 Å². The molecule has 0 aliphatic carbocycles. The fourth-order valence-corrected chi connectivity index (χ4v) is 2.59. The minimum Gasteiger partial charge on any atom is -0.493 e. The van der Waals surface area contributed by atoms with Crippen molar-refractivity contribution < 1.29 is 24.1 Å². The molecule has 0 fully saturated rings. The summed E-state index contributed by atoms with van der Waals surface area (Å²) in [5.74, 6) is 0.538. The van der Waals surface area contributed by atoms with E-state index in [1.807, 2.05) is 48.5 Å². The zero-order valence-electron chi connectivity index (χ0n) is 14.9. The molecule has 5 heteroatoms. The molecule has 3 rings (SSSR count). The van der Waals surface area contributed by atoms with Gasteiger partial charge in [-0.2, -0.15) is 0 Å². The van der Waals surface area contributed by atoms with Gasteiger partial charge in [-0.25, -0.2) is 4.79 Å². The minimum absolute atomic E-state index is 0.132. The molecular formula is C22H20O5. The van der Waals surface area contributed by atoms with Gasteiger partial charge in [-0.1, -0.05) is 48.5 Å². The Hall–Kier alpha value is -3.47. The van der Waals surface area contributed by atoms with Crippen LogP contribution < -0.4 is 14.2 Å². The van der Waals surface area contributed by atoms with E-state index in [2.05, 4.69) is 0 Å². The van der Waals surface area contributed by atoms with Gasteiger partial charge in [0.1, 0.15) is 24.5 Å². The van der Waals surface area contributed by atoms with Crippen LogP contribution in [0.2, 0.25) is 0 Å². The lowest BCUT2D eigenvalue weighted by Gasteiger charge is -2.13. The summed E-state index contributed by atoms with van der Waals surface area (Å²) in [6, 6.07) is 21.9. The number of carboxylic acid groups (broad SMARTS) is 1. The lowest BCUT2D eigenvalue weighted by Crippen LogP contribution is -2.04. The zero-order valence-corrected chi connectivity index (χ0v) is 14.9. The van der Waals surface area contributed by atoms with Crippen molar-refractivity contribution in [3.63, 3.8) is 0 Å². The summed E-state index contributed by atoms with van der Waals surface area (Å²) in [4.78, 5) is 11.3. The standard InChI is InChI=1S/C22H20O5/c1-25-21-13-17(15-26-19-10-6-5-9-18(19)22(23)24)11-12-20(21)27-14-16-7-3-2-4-8-16/h2-13H,14-15H2,1H3,(H,23,24). The predicted octanol–water partition coefficient (Wildman–Crippen LogP) is 4.55. The first-order chi connectivity index (χ1) is 13.2. The van der Waals surface area contributed by atoms with Crippen LogP contribution in [0.3, 0.4) is 0 Å². The van der Waals surface area contributed by atoms with Crippen molar-refractivity contribution in [2.24, 2.45) is 0 Å². The highest BCUT2D eigenvalue weighted by Gasteiger charge is 2.11. The molecule has 0 atom stereocenters. The normalized spacial score (nSPS) is 10.3.